The molecule has 1 aliphatic carbocycles. The van der Waals surface area contributed by atoms with E-state index in [0.717, 1.165) is 24.3 Å². The van der Waals surface area contributed by atoms with Crippen molar-refractivity contribution in [2.45, 2.75) is 37.1 Å². The molecule has 2 aromatic carbocycles. The summed E-state index contributed by atoms with van der Waals surface area (Å²) in [6, 6.07) is 18.9. The minimum atomic E-state index is -0.386. The third-order valence-electron chi connectivity index (χ3n) is 5.79. The van der Waals surface area contributed by atoms with Crippen LogP contribution in [-0.4, -0.2) is 36.3 Å². The van der Waals surface area contributed by atoms with E-state index in [9.17, 15) is 4.79 Å². The average molecular weight is 347 g/mol. The Morgan fingerprint density at radius 3 is 2.42 bits per heavy atom. The highest BCUT2D eigenvalue weighted by Crippen LogP contribution is 2.37. The minimum Gasteiger partial charge on any atom is -0.369 e. The van der Waals surface area contributed by atoms with Gasteiger partial charge in [-0.25, -0.2) is 0 Å². The molecule has 2 aliphatic rings. The van der Waals surface area contributed by atoms with E-state index in [1.54, 1.807) is 0 Å². The van der Waals surface area contributed by atoms with Gasteiger partial charge in [-0.05, 0) is 41.9 Å². The van der Waals surface area contributed by atoms with Crippen LogP contribution < -0.4 is 5.73 Å². The van der Waals surface area contributed by atoms with Gasteiger partial charge in [0.05, 0.1) is 12.6 Å². The van der Waals surface area contributed by atoms with Crippen molar-refractivity contribution < 1.29 is 4.79 Å². The fourth-order valence-electron chi connectivity index (χ4n) is 4.37. The second kappa shape index (κ2) is 7.42. The molecule has 3 atom stereocenters. The van der Waals surface area contributed by atoms with Gasteiger partial charge in [0.15, 0.2) is 0 Å². The van der Waals surface area contributed by atoms with E-state index in [1.807, 2.05) is 36.5 Å². The summed E-state index contributed by atoms with van der Waals surface area (Å²) in [5, 5.41) is 0. The lowest BCUT2D eigenvalue weighted by Gasteiger charge is -2.22. The van der Waals surface area contributed by atoms with Crippen molar-refractivity contribution in [1.82, 2.24) is 4.90 Å². The first-order valence-corrected chi connectivity index (χ1v) is 9.39. The van der Waals surface area contributed by atoms with Crippen LogP contribution in [0.1, 0.15) is 47.8 Å². The molecule has 134 valence electrons. The molecule has 0 saturated heterocycles. The molecule has 26 heavy (non-hydrogen) atoms. The molecule has 4 heteroatoms. The maximum Gasteiger partial charge on any atom is 0.229 e. The summed E-state index contributed by atoms with van der Waals surface area (Å²) in [5.41, 5.74) is 8.98. The number of amides is 1. The molecule has 4 nitrogen and oxygen atoms in total. The van der Waals surface area contributed by atoms with E-state index in [0.29, 0.717) is 12.0 Å². The Balaban J connectivity index is 1.49. The van der Waals surface area contributed by atoms with E-state index < -0.39 is 0 Å². The number of carbonyl (C=O) groups excluding carboxylic acids is 1. The zero-order valence-electron chi connectivity index (χ0n) is 14.9. The summed E-state index contributed by atoms with van der Waals surface area (Å²) in [5.74, 6) is -0.0966. The van der Waals surface area contributed by atoms with Gasteiger partial charge in [-0.2, -0.15) is 0 Å². The number of primary amides is 1. The van der Waals surface area contributed by atoms with Gasteiger partial charge in [-0.15, -0.1) is 0 Å². The number of benzene rings is 2. The molecular weight excluding hydrogens is 322 g/mol. The first kappa shape index (κ1) is 17.0. The number of carbonyl (C=O) groups is 1. The van der Waals surface area contributed by atoms with Crippen LogP contribution in [0.25, 0.3) is 0 Å². The van der Waals surface area contributed by atoms with Crippen molar-refractivity contribution in [1.29, 1.82) is 0 Å². The standard InChI is InChI=1S/C22H25N3O/c23-22(26)21(17-4-2-1-3-5-17)18-8-6-16(7-9-18)19-10-11-20(14-19)25-13-12-24-15-25/h1-9,12,19-21H,10-11,13-15H2,(H2,23,26). The van der Waals surface area contributed by atoms with Crippen molar-refractivity contribution in [2.75, 3.05) is 13.2 Å². The fourth-order valence-corrected chi connectivity index (χ4v) is 4.37. The monoisotopic (exact) mass is 347 g/mol. The maximum atomic E-state index is 12.0. The largest absolute Gasteiger partial charge is 0.369 e. The van der Waals surface area contributed by atoms with E-state index in [1.165, 1.54) is 24.8 Å². The van der Waals surface area contributed by atoms with Crippen LogP contribution in [0.2, 0.25) is 0 Å². The third-order valence-corrected chi connectivity index (χ3v) is 5.79. The molecule has 0 spiro atoms. The summed E-state index contributed by atoms with van der Waals surface area (Å²) in [7, 11) is 0. The highest BCUT2D eigenvalue weighted by atomic mass is 16.1. The van der Waals surface area contributed by atoms with Crippen LogP contribution in [0.15, 0.2) is 59.6 Å². The fraction of sp³-hybridized carbons (Fsp3) is 0.364. The number of aliphatic imine (C=N–C) groups is 1. The van der Waals surface area contributed by atoms with Crippen LogP contribution in [0.5, 0.6) is 0 Å². The van der Waals surface area contributed by atoms with Crippen molar-refractivity contribution in [2.24, 2.45) is 10.7 Å². The normalized spacial score (nSPS) is 24.0. The highest BCUT2D eigenvalue weighted by Gasteiger charge is 2.30. The lowest BCUT2D eigenvalue weighted by atomic mass is 9.88. The summed E-state index contributed by atoms with van der Waals surface area (Å²) < 4.78 is 0. The molecule has 3 unspecified atom stereocenters. The van der Waals surface area contributed by atoms with Gasteiger partial charge in [0.1, 0.15) is 0 Å². The molecule has 2 aromatic rings. The van der Waals surface area contributed by atoms with Gasteiger partial charge in [0, 0.05) is 18.8 Å². The number of nitrogens with two attached hydrogens (primary N) is 1. The SMILES string of the molecule is NC(=O)C(c1ccccc1)c1ccc(C2CCC(N3CC=NC3)C2)cc1. The number of hydrogen-bond donors (Lipinski definition) is 1. The van der Waals surface area contributed by atoms with E-state index in [2.05, 4.69) is 34.2 Å². The second-order valence-electron chi connectivity index (χ2n) is 7.35. The third kappa shape index (κ3) is 3.42. The van der Waals surface area contributed by atoms with Crippen molar-refractivity contribution >= 4 is 12.1 Å². The molecule has 1 aliphatic heterocycles. The van der Waals surface area contributed by atoms with Crippen molar-refractivity contribution in [3.05, 3.63) is 71.3 Å². The van der Waals surface area contributed by atoms with Crippen molar-refractivity contribution in [3.63, 3.8) is 0 Å². The Bertz CT molecular complexity index is 777. The molecule has 0 bridgehead atoms. The van der Waals surface area contributed by atoms with Gasteiger partial charge in [0.25, 0.3) is 0 Å². The lowest BCUT2D eigenvalue weighted by molar-refractivity contribution is -0.118. The first-order chi connectivity index (χ1) is 12.7. The average Bonchev–Trinajstić information content (AvgIpc) is 3.35. The van der Waals surface area contributed by atoms with Gasteiger partial charge in [0.2, 0.25) is 5.91 Å². The van der Waals surface area contributed by atoms with Gasteiger partial charge in [-0.1, -0.05) is 54.6 Å². The summed E-state index contributed by atoms with van der Waals surface area (Å²) in [4.78, 5) is 18.8. The molecule has 1 fully saturated rings. The van der Waals surface area contributed by atoms with E-state index in [4.69, 9.17) is 5.73 Å². The van der Waals surface area contributed by atoms with E-state index in [-0.39, 0.29) is 11.8 Å². The molecule has 1 heterocycles. The minimum absolute atomic E-state index is 0.307. The van der Waals surface area contributed by atoms with Crippen LogP contribution >= 0.6 is 0 Å². The molecule has 4 rings (SSSR count). The zero-order valence-corrected chi connectivity index (χ0v) is 14.9. The Labute approximate surface area is 154 Å². The number of rotatable bonds is 5. The molecule has 0 aromatic heterocycles. The molecule has 1 amide bonds. The highest BCUT2D eigenvalue weighted by molar-refractivity contribution is 5.85. The molecular formula is C22H25N3O. The van der Waals surface area contributed by atoms with Crippen molar-refractivity contribution in [3.8, 4) is 0 Å². The van der Waals surface area contributed by atoms with Crippen LogP contribution in [-0.2, 0) is 4.79 Å². The molecule has 0 radical (unpaired) electrons. The lowest BCUT2D eigenvalue weighted by Crippen LogP contribution is -2.31. The van der Waals surface area contributed by atoms with E-state index >= 15 is 0 Å². The summed E-state index contributed by atoms with van der Waals surface area (Å²) in [6.45, 7) is 1.85. The number of nitrogens with zero attached hydrogens (tertiary/aromatic N) is 2. The van der Waals surface area contributed by atoms with Crippen LogP contribution in [0, 0.1) is 0 Å². The maximum absolute atomic E-state index is 12.0. The van der Waals surface area contributed by atoms with Gasteiger partial charge < -0.3 is 5.73 Å². The number of hydrogen-bond acceptors (Lipinski definition) is 3. The van der Waals surface area contributed by atoms with Gasteiger partial charge >= 0.3 is 0 Å². The van der Waals surface area contributed by atoms with Crippen LogP contribution in [0.4, 0.5) is 0 Å². The smallest absolute Gasteiger partial charge is 0.229 e. The Hall–Kier alpha value is -2.46. The summed E-state index contributed by atoms with van der Waals surface area (Å²) in [6.07, 6.45) is 5.68. The Morgan fingerprint density at radius 1 is 1.04 bits per heavy atom. The molecule has 2 N–H and O–H groups in total. The Morgan fingerprint density at radius 2 is 1.77 bits per heavy atom. The predicted molar refractivity (Wildman–Crippen MR) is 104 cm³/mol. The van der Waals surface area contributed by atoms with Gasteiger partial charge in [-0.3, -0.25) is 14.7 Å². The zero-order chi connectivity index (χ0) is 17.9. The first-order valence-electron chi connectivity index (χ1n) is 9.39. The predicted octanol–water partition coefficient (Wildman–Crippen LogP) is 3.28. The molecule has 1 saturated carbocycles. The summed E-state index contributed by atoms with van der Waals surface area (Å²) >= 11 is 0. The second-order valence-corrected chi connectivity index (χ2v) is 7.35. The Kier molecular flexibility index (Phi) is 4.85. The topological polar surface area (TPSA) is 58.7 Å². The quantitative estimate of drug-likeness (QED) is 0.902. The van der Waals surface area contributed by atoms with Crippen LogP contribution in [0.3, 0.4) is 0 Å².